The second kappa shape index (κ2) is 7.58. The van der Waals surface area contributed by atoms with Gasteiger partial charge in [0, 0.05) is 37.9 Å². The molecule has 0 aliphatic carbocycles. The molecule has 1 aliphatic heterocycles. The minimum absolute atomic E-state index is 0.00488. The molecule has 0 unspecified atom stereocenters. The number of carbonyl (C=O) groups is 1. The Bertz CT molecular complexity index is 818. The number of benzene rings is 1. The minimum Gasteiger partial charge on any atom is -0.355 e. The van der Waals surface area contributed by atoms with E-state index in [1.165, 1.54) is 6.07 Å². The molecule has 2 heterocycles. The number of rotatable bonds is 2. The van der Waals surface area contributed by atoms with Gasteiger partial charge in [0.15, 0.2) is 0 Å². The molecule has 2 aromatic rings. The fraction of sp³-hybridized carbons (Fsp3) is 0.400. The first-order valence-corrected chi connectivity index (χ1v) is 8.90. The van der Waals surface area contributed by atoms with E-state index in [-0.39, 0.29) is 5.91 Å². The number of hydrogen-bond acceptors (Lipinski definition) is 3. The van der Waals surface area contributed by atoms with Crippen molar-refractivity contribution in [3.63, 3.8) is 0 Å². The zero-order valence-electron chi connectivity index (χ0n) is 15.4. The topological polar surface area (TPSA) is 36.4 Å². The van der Waals surface area contributed by atoms with Gasteiger partial charge in [0.25, 0.3) is 5.91 Å². The van der Waals surface area contributed by atoms with Crippen LogP contribution in [-0.2, 0) is 6.18 Å². The third kappa shape index (κ3) is 4.40. The molecule has 1 fully saturated rings. The van der Waals surface area contributed by atoms with Crippen LogP contribution in [0, 0.1) is 13.8 Å². The minimum atomic E-state index is -4.39. The summed E-state index contributed by atoms with van der Waals surface area (Å²) in [5.74, 6) is 0.499. The molecule has 0 saturated carbocycles. The maximum atomic E-state index is 12.8. The number of aromatic nitrogens is 1. The van der Waals surface area contributed by atoms with Gasteiger partial charge < -0.3 is 9.80 Å². The zero-order chi connectivity index (χ0) is 19.6. The fourth-order valence-corrected chi connectivity index (χ4v) is 3.31. The quantitative estimate of drug-likeness (QED) is 0.792. The molecule has 0 atom stereocenters. The van der Waals surface area contributed by atoms with Gasteiger partial charge in [0.2, 0.25) is 0 Å². The van der Waals surface area contributed by atoms with E-state index >= 15 is 0 Å². The van der Waals surface area contributed by atoms with Crippen molar-refractivity contribution < 1.29 is 18.0 Å². The average molecular weight is 377 g/mol. The van der Waals surface area contributed by atoms with Crippen molar-refractivity contribution in [1.82, 2.24) is 9.88 Å². The number of carbonyl (C=O) groups excluding carboxylic acids is 1. The number of pyridine rings is 1. The molecule has 27 heavy (non-hydrogen) atoms. The maximum Gasteiger partial charge on any atom is 0.417 e. The smallest absolute Gasteiger partial charge is 0.355 e. The van der Waals surface area contributed by atoms with Crippen LogP contribution in [0.2, 0.25) is 0 Å². The molecule has 1 aromatic heterocycles. The molecular weight excluding hydrogens is 355 g/mol. The van der Waals surface area contributed by atoms with Gasteiger partial charge in [-0.25, -0.2) is 4.98 Å². The molecule has 7 heteroatoms. The van der Waals surface area contributed by atoms with Gasteiger partial charge in [-0.05, 0) is 44.0 Å². The van der Waals surface area contributed by atoms with Crippen LogP contribution in [0.25, 0.3) is 0 Å². The Kier molecular flexibility index (Phi) is 5.39. The van der Waals surface area contributed by atoms with E-state index in [2.05, 4.69) is 4.98 Å². The van der Waals surface area contributed by atoms with Gasteiger partial charge >= 0.3 is 6.18 Å². The molecule has 0 radical (unpaired) electrons. The molecule has 1 amide bonds. The lowest BCUT2D eigenvalue weighted by molar-refractivity contribution is -0.137. The summed E-state index contributed by atoms with van der Waals surface area (Å²) in [4.78, 5) is 20.5. The SMILES string of the molecule is Cc1ccc(C(=O)N2CCCN(c3ccc(C(F)(F)F)cn3)CC2)c(C)c1. The molecule has 144 valence electrons. The van der Waals surface area contributed by atoms with E-state index < -0.39 is 11.7 Å². The van der Waals surface area contributed by atoms with E-state index in [9.17, 15) is 18.0 Å². The van der Waals surface area contributed by atoms with Crippen molar-refractivity contribution in [3.05, 3.63) is 58.8 Å². The molecule has 1 aromatic carbocycles. The zero-order valence-corrected chi connectivity index (χ0v) is 15.4. The van der Waals surface area contributed by atoms with E-state index in [4.69, 9.17) is 0 Å². The van der Waals surface area contributed by atoms with Crippen molar-refractivity contribution in [2.45, 2.75) is 26.4 Å². The Morgan fingerprint density at radius 2 is 1.81 bits per heavy atom. The van der Waals surface area contributed by atoms with E-state index in [0.717, 1.165) is 29.8 Å². The monoisotopic (exact) mass is 377 g/mol. The van der Waals surface area contributed by atoms with Gasteiger partial charge in [-0.2, -0.15) is 13.2 Å². The van der Waals surface area contributed by atoms with Crippen molar-refractivity contribution in [2.24, 2.45) is 0 Å². The molecule has 1 aliphatic rings. The van der Waals surface area contributed by atoms with Crippen LogP contribution < -0.4 is 4.90 Å². The summed E-state index contributed by atoms with van der Waals surface area (Å²) in [5.41, 5.74) is 2.00. The summed E-state index contributed by atoms with van der Waals surface area (Å²) in [6.45, 7) is 6.22. The second-order valence-electron chi connectivity index (χ2n) is 6.85. The summed E-state index contributed by atoms with van der Waals surface area (Å²) < 4.78 is 38.1. The summed E-state index contributed by atoms with van der Waals surface area (Å²) >= 11 is 0. The Hall–Kier alpha value is -2.57. The Labute approximate surface area is 156 Å². The average Bonchev–Trinajstić information content (AvgIpc) is 2.87. The van der Waals surface area contributed by atoms with Crippen LogP contribution in [0.1, 0.15) is 33.5 Å². The highest BCUT2D eigenvalue weighted by molar-refractivity contribution is 5.95. The van der Waals surface area contributed by atoms with Gasteiger partial charge in [-0.1, -0.05) is 17.7 Å². The Balaban J connectivity index is 1.69. The van der Waals surface area contributed by atoms with Gasteiger partial charge in [-0.15, -0.1) is 0 Å². The molecule has 0 spiro atoms. The first kappa shape index (κ1) is 19.2. The fourth-order valence-electron chi connectivity index (χ4n) is 3.31. The highest BCUT2D eigenvalue weighted by Crippen LogP contribution is 2.29. The molecular formula is C20H22F3N3O. The van der Waals surface area contributed by atoms with Crippen molar-refractivity contribution >= 4 is 11.7 Å². The number of amides is 1. The van der Waals surface area contributed by atoms with Gasteiger partial charge in [0.05, 0.1) is 5.56 Å². The van der Waals surface area contributed by atoms with E-state index in [1.54, 1.807) is 0 Å². The normalized spacial score (nSPS) is 15.6. The van der Waals surface area contributed by atoms with E-state index in [0.29, 0.717) is 37.6 Å². The van der Waals surface area contributed by atoms with Crippen LogP contribution in [0.3, 0.4) is 0 Å². The first-order chi connectivity index (χ1) is 12.8. The highest BCUT2D eigenvalue weighted by Gasteiger charge is 2.31. The summed E-state index contributed by atoms with van der Waals surface area (Å²) in [6, 6.07) is 8.21. The summed E-state index contributed by atoms with van der Waals surface area (Å²) in [7, 11) is 0. The predicted molar refractivity (Wildman–Crippen MR) is 97.9 cm³/mol. The third-order valence-corrected chi connectivity index (χ3v) is 4.79. The molecule has 0 N–H and O–H groups in total. The lowest BCUT2D eigenvalue weighted by atomic mass is 10.0. The highest BCUT2D eigenvalue weighted by atomic mass is 19.4. The summed E-state index contributed by atoms with van der Waals surface area (Å²) in [6.07, 6.45) is -2.79. The number of nitrogens with zero attached hydrogens (tertiary/aromatic N) is 3. The van der Waals surface area contributed by atoms with Gasteiger partial charge in [0.1, 0.15) is 5.82 Å². The van der Waals surface area contributed by atoms with Crippen LogP contribution in [-0.4, -0.2) is 42.0 Å². The first-order valence-electron chi connectivity index (χ1n) is 8.90. The number of anilines is 1. The Morgan fingerprint density at radius 1 is 1.04 bits per heavy atom. The molecule has 0 bridgehead atoms. The second-order valence-corrected chi connectivity index (χ2v) is 6.85. The Morgan fingerprint density at radius 3 is 2.44 bits per heavy atom. The van der Waals surface area contributed by atoms with E-state index in [1.807, 2.05) is 41.8 Å². The largest absolute Gasteiger partial charge is 0.417 e. The van der Waals surface area contributed by atoms with Crippen LogP contribution in [0.4, 0.5) is 19.0 Å². The van der Waals surface area contributed by atoms with Crippen molar-refractivity contribution in [2.75, 3.05) is 31.1 Å². The standard InChI is InChI=1S/C20H22F3N3O/c1-14-4-6-17(15(2)12-14)19(27)26-9-3-8-25(10-11-26)18-7-5-16(13-24-18)20(21,22)23/h4-7,12-13H,3,8-11H2,1-2H3. The number of aryl methyl sites for hydroxylation is 2. The molecule has 3 rings (SSSR count). The third-order valence-electron chi connectivity index (χ3n) is 4.79. The van der Waals surface area contributed by atoms with Crippen LogP contribution in [0.5, 0.6) is 0 Å². The number of halogens is 3. The van der Waals surface area contributed by atoms with Gasteiger partial charge in [-0.3, -0.25) is 4.79 Å². The maximum absolute atomic E-state index is 12.8. The van der Waals surface area contributed by atoms with Crippen molar-refractivity contribution in [3.8, 4) is 0 Å². The summed E-state index contributed by atoms with van der Waals surface area (Å²) in [5, 5.41) is 0. The lowest BCUT2D eigenvalue weighted by Gasteiger charge is -2.23. The molecule has 1 saturated heterocycles. The molecule has 4 nitrogen and oxygen atoms in total. The van der Waals surface area contributed by atoms with Crippen LogP contribution >= 0.6 is 0 Å². The number of alkyl halides is 3. The van der Waals surface area contributed by atoms with Crippen LogP contribution in [0.15, 0.2) is 36.5 Å². The predicted octanol–water partition coefficient (Wildman–Crippen LogP) is 4.07. The van der Waals surface area contributed by atoms with Crippen molar-refractivity contribution in [1.29, 1.82) is 0 Å². The lowest BCUT2D eigenvalue weighted by Crippen LogP contribution is -2.35. The number of hydrogen-bond donors (Lipinski definition) is 0.